The minimum Gasteiger partial charge on any atom is -0.341 e. The van der Waals surface area contributed by atoms with Gasteiger partial charge in [0.2, 0.25) is 5.91 Å². The van der Waals surface area contributed by atoms with Crippen molar-refractivity contribution in [1.29, 1.82) is 0 Å². The monoisotopic (exact) mass is 360 g/mol. The van der Waals surface area contributed by atoms with Gasteiger partial charge in [-0.1, -0.05) is 24.3 Å². The minimum absolute atomic E-state index is 0.0125. The van der Waals surface area contributed by atoms with E-state index in [1.807, 2.05) is 38.2 Å². The van der Waals surface area contributed by atoms with Crippen molar-refractivity contribution in [3.63, 3.8) is 0 Å². The van der Waals surface area contributed by atoms with Gasteiger partial charge in [-0.2, -0.15) is 0 Å². The van der Waals surface area contributed by atoms with E-state index in [1.54, 1.807) is 23.9 Å². The molecule has 0 N–H and O–H groups in total. The summed E-state index contributed by atoms with van der Waals surface area (Å²) in [5.74, 6) is 0.0135. The Morgan fingerprint density at radius 1 is 1.04 bits per heavy atom. The van der Waals surface area contributed by atoms with Crippen molar-refractivity contribution >= 4 is 11.9 Å². The molecule has 1 aliphatic rings. The third-order valence-corrected chi connectivity index (χ3v) is 4.81. The van der Waals surface area contributed by atoms with Gasteiger partial charge in [-0.15, -0.1) is 0 Å². The Labute approximate surface area is 157 Å². The summed E-state index contributed by atoms with van der Waals surface area (Å²) >= 11 is 0. The topological polar surface area (TPSA) is 47.1 Å². The van der Waals surface area contributed by atoms with Gasteiger partial charge in [-0.3, -0.25) is 4.79 Å². The van der Waals surface area contributed by atoms with Gasteiger partial charge in [0.1, 0.15) is 0 Å². The second-order valence-electron chi connectivity index (χ2n) is 7.66. The summed E-state index contributed by atoms with van der Waals surface area (Å²) in [4.78, 5) is 32.4. The second-order valence-corrected chi connectivity index (χ2v) is 7.66. The van der Waals surface area contributed by atoms with Crippen molar-refractivity contribution in [3.8, 4) is 0 Å². The standard InChI is InChI=1S/C20H32N4O2/c1-21(2)13-16-9-6-7-10-17(16)14-23(5)19(25)18-11-8-12-24(15-18)20(26)22(3)4/h6-7,9-10,18H,8,11-15H2,1-5H3/t18-/m0/s1. The maximum atomic E-state index is 12.9. The summed E-state index contributed by atoms with van der Waals surface area (Å²) in [6.45, 7) is 2.70. The molecule has 1 heterocycles. The third-order valence-electron chi connectivity index (χ3n) is 4.81. The molecule has 0 aromatic heterocycles. The van der Waals surface area contributed by atoms with E-state index in [-0.39, 0.29) is 17.9 Å². The maximum Gasteiger partial charge on any atom is 0.319 e. The highest BCUT2D eigenvalue weighted by atomic mass is 16.2. The van der Waals surface area contributed by atoms with Gasteiger partial charge in [0.25, 0.3) is 0 Å². The van der Waals surface area contributed by atoms with Gasteiger partial charge in [0.15, 0.2) is 0 Å². The molecule has 0 aliphatic carbocycles. The van der Waals surface area contributed by atoms with Gasteiger partial charge >= 0.3 is 6.03 Å². The number of likely N-dealkylation sites (tertiary alicyclic amines) is 1. The molecule has 2 rings (SSSR count). The van der Waals surface area contributed by atoms with E-state index in [1.165, 1.54) is 11.1 Å². The summed E-state index contributed by atoms with van der Waals surface area (Å²) in [5, 5.41) is 0. The van der Waals surface area contributed by atoms with Crippen LogP contribution < -0.4 is 0 Å². The van der Waals surface area contributed by atoms with Gasteiger partial charge in [-0.05, 0) is 38.1 Å². The fourth-order valence-electron chi connectivity index (χ4n) is 3.49. The minimum atomic E-state index is -0.112. The fourth-order valence-corrected chi connectivity index (χ4v) is 3.49. The largest absolute Gasteiger partial charge is 0.341 e. The van der Waals surface area contributed by atoms with Crippen LogP contribution in [0.1, 0.15) is 24.0 Å². The molecule has 0 spiro atoms. The van der Waals surface area contributed by atoms with Crippen molar-refractivity contribution in [1.82, 2.24) is 19.6 Å². The molecule has 0 radical (unpaired) electrons. The van der Waals surface area contributed by atoms with E-state index in [4.69, 9.17) is 0 Å². The fraction of sp³-hybridized carbons (Fsp3) is 0.600. The van der Waals surface area contributed by atoms with Crippen LogP contribution in [0.4, 0.5) is 4.79 Å². The predicted octanol–water partition coefficient (Wildman–Crippen LogP) is 2.10. The van der Waals surface area contributed by atoms with Crippen molar-refractivity contribution < 1.29 is 9.59 Å². The number of urea groups is 1. The number of carbonyl (C=O) groups is 2. The first-order valence-corrected chi connectivity index (χ1v) is 9.22. The zero-order valence-electron chi connectivity index (χ0n) is 16.7. The summed E-state index contributed by atoms with van der Waals surface area (Å²) in [5.41, 5.74) is 2.42. The lowest BCUT2D eigenvalue weighted by atomic mass is 9.96. The van der Waals surface area contributed by atoms with Crippen LogP contribution in [0.2, 0.25) is 0 Å². The highest BCUT2D eigenvalue weighted by Crippen LogP contribution is 2.21. The van der Waals surface area contributed by atoms with E-state index in [9.17, 15) is 9.59 Å². The number of hydrogen-bond donors (Lipinski definition) is 0. The Morgan fingerprint density at radius 3 is 2.23 bits per heavy atom. The lowest BCUT2D eigenvalue weighted by Crippen LogP contribution is -2.48. The Bertz CT molecular complexity index is 630. The second kappa shape index (κ2) is 9.03. The number of hydrogen-bond acceptors (Lipinski definition) is 3. The molecule has 0 saturated carbocycles. The number of carbonyl (C=O) groups excluding carboxylic acids is 2. The number of nitrogens with zero attached hydrogens (tertiary/aromatic N) is 4. The highest BCUT2D eigenvalue weighted by Gasteiger charge is 2.30. The first-order valence-electron chi connectivity index (χ1n) is 9.22. The van der Waals surface area contributed by atoms with Gasteiger partial charge in [0.05, 0.1) is 5.92 Å². The van der Waals surface area contributed by atoms with Crippen LogP contribution in [-0.4, -0.2) is 79.9 Å². The SMILES string of the molecule is CN(C)Cc1ccccc1CN(C)C(=O)[C@H]1CCCN(C(=O)N(C)C)C1. The molecule has 0 unspecified atom stereocenters. The Hall–Kier alpha value is -2.08. The lowest BCUT2D eigenvalue weighted by Gasteiger charge is -2.35. The first-order chi connectivity index (χ1) is 12.3. The van der Waals surface area contributed by atoms with Crippen molar-refractivity contribution in [2.24, 2.45) is 5.92 Å². The van der Waals surface area contributed by atoms with Gasteiger partial charge < -0.3 is 19.6 Å². The first kappa shape index (κ1) is 20.2. The van der Waals surface area contributed by atoms with Crippen molar-refractivity contribution in [2.45, 2.75) is 25.9 Å². The summed E-state index contributed by atoms with van der Waals surface area (Å²) < 4.78 is 0. The van der Waals surface area contributed by atoms with Crippen molar-refractivity contribution in [3.05, 3.63) is 35.4 Å². The zero-order valence-corrected chi connectivity index (χ0v) is 16.7. The molecule has 1 aromatic carbocycles. The molecule has 1 fully saturated rings. The van der Waals surface area contributed by atoms with Gasteiger partial charge in [0, 0.05) is 47.3 Å². The summed E-state index contributed by atoms with van der Waals surface area (Å²) in [7, 11) is 9.46. The van der Waals surface area contributed by atoms with E-state index >= 15 is 0 Å². The smallest absolute Gasteiger partial charge is 0.319 e. The molecule has 6 nitrogen and oxygen atoms in total. The normalized spacial score (nSPS) is 17.3. The van der Waals surface area contributed by atoms with Crippen LogP contribution in [0, 0.1) is 5.92 Å². The van der Waals surface area contributed by atoms with E-state index in [0.717, 1.165) is 25.9 Å². The third kappa shape index (κ3) is 5.21. The molecule has 1 aromatic rings. The Balaban J connectivity index is 2.02. The Kier molecular flexibility index (Phi) is 7.03. The molecule has 6 heteroatoms. The molecule has 1 atom stereocenters. The van der Waals surface area contributed by atoms with Gasteiger partial charge in [-0.25, -0.2) is 4.79 Å². The van der Waals surface area contributed by atoms with Crippen LogP contribution in [-0.2, 0) is 17.9 Å². The number of piperidine rings is 1. The Morgan fingerprint density at radius 2 is 1.65 bits per heavy atom. The quantitative estimate of drug-likeness (QED) is 0.808. The van der Waals surface area contributed by atoms with Crippen LogP contribution in [0.15, 0.2) is 24.3 Å². The number of amides is 3. The molecule has 1 aliphatic heterocycles. The maximum absolute atomic E-state index is 12.9. The molecule has 3 amide bonds. The summed E-state index contributed by atoms with van der Waals surface area (Å²) in [6, 6.07) is 8.25. The van der Waals surface area contributed by atoms with E-state index in [2.05, 4.69) is 17.0 Å². The average Bonchev–Trinajstić information content (AvgIpc) is 2.61. The molecular formula is C20H32N4O2. The highest BCUT2D eigenvalue weighted by molar-refractivity contribution is 5.80. The average molecular weight is 361 g/mol. The van der Waals surface area contributed by atoms with E-state index in [0.29, 0.717) is 13.1 Å². The number of benzene rings is 1. The molecule has 0 bridgehead atoms. The molecular weight excluding hydrogens is 328 g/mol. The van der Waals surface area contributed by atoms with Crippen LogP contribution in [0.5, 0.6) is 0 Å². The lowest BCUT2D eigenvalue weighted by molar-refractivity contribution is -0.136. The molecule has 26 heavy (non-hydrogen) atoms. The predicted molar refractivity (Wildman–Crippen MR) is 104 cm³/mol. The van der Waals surface area contributed by atoms with Crippen molar-refractivity contribution in [2.75, 3.05) is 48.3 Å². The van der Waals surface area contributed by atoms with Crippen LogP contribution >= 0.6 is 0 Å². The zero-order chi connectivity index (χ0) is 19.3. The molecule has 144 valence electrons. The van der Waals surface area contributed by atoms with E-state index < -0.39 is 0 Å². The molecule has 1 saturated heterocycles. The van der Waals surface area contributed by atoms with Crippen LogP contribution in [0.3, 0.4) is 0 Å². The number of rotatable bonds is 5. The summed E-state index contributed by atoms with van der Waals surface area (Å²) in [6.07, 6.45) is 1.72. The van der Waals surface area contributed by atoms with Crippen LogP contribution in [0.25, 0.3) is 0 Å².